The van der Waals surface area contributed by atoms with Crippen molar-refractivity contribution in [2.24, 2.45) is 5.92 Å². The summed E-state index contributed by atoms with van der Waals surface area (Å²) in [6.45, 7) is 4.34. The number of rotatable bonds is 8. The van der Waals surface area contributed by atoms with Gasteiger partial charge < -0.3 is 15.2 Å². The molecule has 0 bridgehead atoms. The number of nitriles is 1. The first-order valence-electron chi connectivity index (χ1n) is 7.04. The van der Waals surface area contributed by atoms with Crippen molar-refractivity contribution >= 4 is 5.91 Å². The monoisotopic (exact) mass is 290 g/mol. The van der Waals surface area contributed by atoms with E-state index < -0.39 is 6.10 Å². The Labute approximate surface area is 125 Å². The molecule has 21 heavy (non-hydrogen) atoms. The SMILES string of the molecule is CC(C)CC(O)CNC(=O)Cc1ccc(OCC#N)cc1. The zero-order valence-corrected chi connectivity index (χ0v) is 12.5. The third-order valence-corrected chi connectivity index (χ3v) is 2.87. The first-order chi connectivity index (χ1) is 10.0. The van der Waals surface area contributed by atoms with E-state index in [1.165, 1.54) is 0 Å². The van der Waals surface area contributed by atoms with E-state index in [2.05, 4.69) is 5.32 Å². The molecule has 2 N–H and O–H groups in total. The molecular weight excluding hydrogens is 268 g/mol. The molecular formula is C16H22N2O3. The van der Waals surface area contributed by atoms with Gasteiger partial charge in [0.05, 0.1) is 12.5 Å². The van der Waals surface area contributed by atoms with Gasteiger partial charge in [-0.2, -0.15) is 5.26 Å². The van der Waals surface area contributed by atoms with E-state index in [9.17, 15) is 9.90 Å². The van der Waals surface area contributed by atoms with Crippen LogP contribution >= 0.6 is 0 Å². The Balaban J connectivity index is 2.36. The van der Waals surface area contributed by atoms with Gasteiger partial charge in [-0.3, -0.25) is 4.79 Å². The van der Waals surface area contributed by atoms with Crippen LogP contribution in [0.2, 0.25) is 0 Å². The van der Waals surface area contributed by atoms with Gasteiger partial charge in [-0.1, -0.05) is 26.0 Å². The molecule has 0 spiro atoms. The van der Waals surface area contributed by atoms with Crippen LogP contribution in [0.5, 0.6) is 5.75 Å². The minimum atomic E-state index is -0.504. The molecule has 0 aromatic heterocycles. The lowest BCUT2D eigenvalue weighted by molar-refractivity contribution is -0.120. The van der Waals surface area contributed by atoms with Crippen LogP contribution in [0.25, 0.3) is 0 Å². The number of benzene rings is 1. The van der Waals surface area contributed by atoms with Crippen LogP contribution in [0.3, 0.4) is 0 Å². The Morgan fingerprint density at radius 2 is 2.05 bits per heavy atom. The summed E-state index contributed by atoms with van der Waals surface area (Å²) in [5.41, 5.74) is 0.857. The Bertz CT molecular complexity index is 477. The maximum absolute atomic E-state index is 11.8. The predicted molar refractivity (Wildman–Crippen MR) is 79.7 cm³/mol. The lowest BCUT2D eigenvalue weighted by Gasteiger charge is -2.13. The molecule has 1 aromatic rings. The first kappa shape index (κ1) is 17.0. The van der Waals surface area contributed by atoms with Crippen LogP contribution < -0.4 is 10.1 Å². The Kier molecular flexibility index (Phi) is 7.27. The fourth-order valence-corrected chi connectivity index (χ4v) is 1.93. The van der Waals surface area contributed by atoms with Crippen LogP contribution in [-0.2, 0) is 11.2 Å². The van der Waals surface area contributed by atoms with Gasteiger partial charge in [0, 0.05) is 6.54 Å². The fourth-order valence-electron chi connectivity index (χ4n) is 1.93. The number of ether oxygens (including phenoxy) is 1. The second-order valence-electron chi connectivity index (χ2n) is 5.35. The summed E-state index contributed by atoms with van der Waals surface area (Å²) in [7, 11) is 0. The molecule has 1 unspecified atom stereocenters. The van der Waals surface area contributed by atoms with Crippen molar-refractivity contribution in [2.75, 3.05) is 13.2 Å². The van der Waals surface area contributed by atoms with Gasteiger partial charge in [0.2, 0.25) is 5.91 Å². The van der Waals surface area contributed by atoms with Crippen LogP contribution in [0.1, 0.15) is 25.8 Å². The topological polar surface area (TPSA) is 82.3 Å². The summed E-state index contributed by atoms with van der Waals surface area (Å²) in [4.78, 5) is 11.8. The van der Waals surface area contributed by atoms with Gasteiger partial charge >= 0.3 is 0 Å². The van der Waals surface area contributed by atoms with E-state index in [4.69, 9.17) is 10.00 Å². The van der Waals surface area contributed by atoms with Crippen LogP contribution in [0, 0.1) is 17.2 Å². The van der Waals surface area contributed by atoms with Gasteiger partial charge in [-0.05, 0) is 30.0 Å². The molecule has 0 aliphatic heterocycles. The Hall–Kier alpha value is -2.06. The van der Waals surface area contributed by atoms with E-state index in [-0.39, 0.29) is 25.5 Å². The molecule has 0 saturated heterocycles. The minimum Gasteiger partial charge on any atom is -0.479 e. The average Bonchev–Trinajstić information content (AvgIpc) is 2.44. The lowest BCUT2D eigenvalue weighted by atomic mass is 10.1. The van der Waals surface area contributed by atoms with Gasteiger partial charge in [0.15, 0.2) is 6.61 Å². The summed E-state index contributed by atoms with van der Waals surface area (Å²) < 4.78 is 5.14. The third kappa shape index (κ3) is 7.33. The minimum absolute atomic E-state index is 0.00751. The number of hydrogen-bond donors (Lipinski definition) is 2. The molecule has 0 saturated carbocycles. The predicted octanol–water partition coefficient (Wildman–Crippen LogP) is 1.65. The zero-order valence-electron chi connectivity index (χ0n) is 12.5. The fraction of sp³-hybridized carbons (Fsp3) is 0.500. The number of carbonyl (C=O) groups is 1. The molecule has 0 heterocycles. The van der Waals surface area contributed by atoms with Crippen LogP contribution in [0.15, 0.2) is 24.3 Å². The van der Waals surface area contributed by atoms with Gasteiger partial charge in [-0.25, -0.2) is 0 Å². The number of hydrogen-bond acceptors (Lipinski definition) is 4. The quantitative estimate of drug-likeness (QED) is 0.762. The summed E-state index contributed by atoms with van der Waals surface area (Å²) in [5, 5.41) is 20.8. The molecule has 0 fully saturated rings. The first-order valence-corrected chi connectivity index (χ1v) is 7.04. The number of aliphatic hydroxyl groups is 1. The zero-order chi connectivity index (χ0) is 15.7. The summed E-state index contributed by atoms with van der Waals surface area (Å²) >= 11 is 0. The van der Waals surface area contributed by atoms with Gasteiger partial charge in [0.1, 0.15) is 11.8 Å². The largest absolute Gasteiger partial charge is 0.479 e. The second kappa shape index (κ2) is 8.98. The Morgan fingerprint density at radius 3 is 2.62 bits per heavy atom. The molecule has 1 rings (SSSR count). The highest BCUT2D eigenvalue weighted by molar-refractivity contribution is 5.78. The summed E-state index contributed by atoms with van der Waals surface area (Å²) in [6, 6.07) is 8.93. The third-order valence-electron chi connectivity index (χ3n) is 2.87. The standard InChI is InChI=1S/C16H22N2O3/c1-12(2)9-14(19)11-18-16(20)10-13-3-5-15(6-4-13)21-8-7-17/h3-6,12,14,19H,8-11H2,1-2H3,(H,18,20). The molecule has 114 valence electrons. The molecule has 0 aliphatic rings. The maximum Gasteiger partial charge on any atom is 0.224 e. The molecule has 5 nitrogen and oxygen atoms in total. The smallest absolute Gasteiger partial charge is 0.224 e. The highest BCUT2D eigenvalue weighted by atomic mass is 16.5. The van der Waals surface area contributed by atoms with Crippen molar-refractivity contribution in [2.45, 2.75) is 32.8 Å². The number of amides is 1. The van der Waals surface area contributed by atoms with E-state index >= 15 is 0 Å². The van der Waals surface area contributed by atoms with Crippen molar-refractivity contribution in [3.05, 3.63) is 29.8 Å². The van der Waals surface area contributed by atoms with Gasteiger partial charge in [0.25, 0.3) is 0 Å². The van der Waals surface area contributed by atoms with E-state index in [1.54, 1.807) is 24.3 Å². The highest BCUT2D eigenvalue weighted by Crippen LogP contribution is 2.12. The average molecular weight is 290 g/mol. The van der Waals surface area contributed by atoms with E-state index in [0.29, 0.717) is 18.1 Å². The van der Waals surface area contributed by atoms with E-state index in [1.807, 2.05) is 19.9 Å². The van der Waals surface area contributed by atoms with Crippen LogP contribution in [0.4, 0.5) is 0 Å². The van der Waals surface area contributed by atoms with Crippen molar-refractivity contribution in [3.63, 3.8) is 0 Å². The van der Waals surface area contributed by atoms with Crippen molar-refractivity contribution in [3.8, 4) is 11.8 Å². The van der Waals surface area contributed by atoms with Gasteiger partial charge in [-0.15, -0.1) is 0 Å². The van der Waals surface area contributed by atoms with Crippen LogP contribution in [-0.4, -0.2) is 30.3 Å². The number of aliphatic hydroxyl groups excluding tert-OH is 1. The second-order valence-corrected chi connectivity index (χ2v) is 5.35. The number of nitrogens with one attached hydrogen (secondary N) is 1. The van der Waals surface area contributed by atoms with E-state index in [0.717, 1.165) is 5.56 Å². The Morgan fingerprint density at radius 1 is 1.38 bits per heavy atom. The highest BCUT2D eigenvalue weighted by Gasteiger charge is 2.09. The maximum atomic E-state index is 11.8. The van der Waals surface area contributed by atoms with Crippen molar-refractivity contribution in [1.29, 1.82) is 5.26 Å². The lowest BCUT2D eigenvalue weighted by Crippen LogP contribution is -2.33. The molecule has 0 radical (unpaired) electrons. The number of nitrogens with zero attached hydrogens (tertiary/aromatic N) is 1. The number of carbonyl (C=O) groups excluding carboxylic acids is 1. The normalized spacial score (nSPS) is 11.8. The van der Waals surface area contributed by atoms with Crippen molar-refractivity contribution in [1.82, 2.24) is 5.32 Å². The molecule has 1 aromatic carbocycles. The summed E-state index contributed by atoms with van der Waals surface area (Å²) in [6.07, 6.45) is 0.425. The molecule has 1 atom stereocenters. The summed E-state index contributed by atoms with van der Waals surface area (Å²) in [5.74, 6) is 0.884. The molecule has 5 heteroatoms. The molecule has 0 aliphatic carbocycles. The van der Waals surface area contributed by atoms with Crippen molar-refractivity contribution < 1.29 is 14.6 Å². The molecule has 1 amide bonds.